The Hall–Kier alpha value is -2.25. The Morgan fingerprint density at radius 1 is 1.13 bits per heavy atom. The van der Waals surface area contributed by atoms with Gasteiger partial charge in [-0.3, -0.25) is 9.69 Å². The number of benzene rings is 2. The second kappa shape index (κ2) is 11.2. The molecule has 0 aromatic heterocycles. The quantitative estimate of drug-likeness (QED) is 0.479. The molecule has 1 heterocycles. The monoisotopic (exact) mass is 410 g/mol. The van der Waals surface area contributed by atoms with E-state index >= 15 is 0 Å². The maximum Gasteiger partial charge on any atom is 0.237 e. The molecule has 3 unspecified atom stereocenters. The molecule has 0 saturated carbocycles. The van der Waals surface area contributed by atoms with E-state index in [-0.39, 0.29) is 18.0 Å². The zero-order chi connectivity index (χ0) is 21.3. The summed E-state index contributed by atoms with van der Waals surface area (Å²) in [5.41, 5.74) is 9.00. The van der Waals surface area contributed by atoms with Crippen LogP contribution in [0.1, 0.15) is 36.0 Å². The van der Waals surface area contributed by atoms with Crippen molar-refractivity contribution in [2.45, 2.75) is 57.1 Å². The van der Waals surface area contributed by atoms with Crippen LogP contribution in [0.5, 0.6) is 0 Å². The van der Waals surface area contributed by atoms with Gasteiger partial charge in [0.15, 0.2) is 0 Å². The Morgan fingerprint density at radius 3 is 2.50 bits per heavy atom. The SMILES string of the molecule is CNC(CCc1ccccc1)C(O)N1CCCC1C(=O)NCc1ccc(CN)cc1. The lowest BCUT2D eigenvalue weighted by Crippen LogP contribution is -2.54. The second-order valence-electron chi connectivity index (χ2n) is 7.97. The summed E-state index contributed by atoms with van der Waals surface area (Å²) in [6.07, 6.45) is 2.67. The van der Waals surface area contributed by atoms with Crippen molar-refractivity contribution >= 4 is 5.91 Å². The van der Waals surface area contributed by atoms with Gasteiger partial charge in [0.2, 0.25) is 5.91 Å². The summed E-state index contributed by atoms with van der Waals surface area (Å²) < 4.78 is 0. The molecule has 1 saturated heterocycles. The second-order valence-corrected chi connectivity index (χ2v) is 7.97. The molecule has 0 radical (unpaired) electrons. The number of nitrogens with zero attached hydrogens (tertiary/aromatic N) is 1. The van der Waals surface area contributed by atoms with Crippen molar-refractivity contribution < 1.29 is 9.90 Å². The number of hydrogen-bond donors (Lipinski definition) is 4. The first-order valence-corrected chi connectivity index (χ1v) is 10.8. The van der Waals surface area contributed by atoms with E-state index in [4.69, 9.17) is 5.73 Å². The van der Waals surface area contributed by atoms with Crippen molar-refractivity contribution in [1.82, 2.24) is 15.5 Å². The first-order valence-electron chi connectivity index (χ1n) is 10.8. The maximum atomic E-state index is 12.8. The van der Waals surface area contributed by atoms with Crippen LogP contribution in [-0.4, -0.2) is 47.8 Å². The summed E-state index contributed by atoms with van der Waals surface area (Å²) >= 11 is 0. The first-order chi connectivity index (χ1) is 14.6. The van der Waals surface area contributed by atoms with Crippen molar-refractivity contribution in [3.05, 3.63) is 71.3 Å². The van der Waals surface area contributed by atoms with E-state index in [1.165, 1.54) is 5.56 Å². The number of amides is 1. The number of hydrogen-bond acceptors (Lipinski definition) is 5. The normalized spacial score (nSPS) is 18.8. The highest BCUT2D eigenvalue weighted by molar-refractivity contribution is 5.82. The molecule has 162 valence electrons. The molecule has 3 atom stereocenters. The van der Waals surface area contributed by atoms with E-state index < -0.39 is 6.23 Å². The van der Waals surface area contributed by atoms with Gasteiger partial charge in [0.25, 0.3) is 0 Å². The number of nitrogens with one attached hydrogen (secondary N) is 2. The first kappa shape index (κ1) is 22.4. The fourth-order valence-electron chi connectivity index (χ4n) is 4.13. The van der Waals surface area contributed by atoms with Gasteiger partial charge in [-0.05, 0) is 49.4 Å². The molecule has 0 bridgehead atoms. The number of carbonyl (C=O) groups is 1. The molecule has 5 N–H and O–H groups in total. The van der Waals surface area contributed by atoms with Gasteiger partial charge in [-0.2, -0.15) is 0 Å². The maximum absolute atomic E-state index is 12.8. The van der Waals surface area contributed by atoms with E-state index in [1.807, 2.05) is 54.4 Å². The van der Waals surface area contributed by atoms with Crippen LogP contribution in [0, 0.1) is 0 Å². The molecule has 2 aromatic rings. The average Bonchev–Trinajstić information content (AvgIpc) is 3.29. The summed E-state index contributed by atoms with van der Waals surface area (Å²) in [4.78, 5) is 14.8. The Balaban J connectivity index is 1.54. The minimum atomic E-state index is -0.694. The number of rotatable bonds is 10. The molecule has 3 rings (SSSR count). The highest BCUT2D eigenvalue weighted by Crippen LogP contribution is 2.22. The van der Waals surface area contributed by atoms with Crippen LogP contribution in [0.25, 0.3) is 0 Å². The fraction of sp³-hybridized carbons (Fsp3) is 0.458. The zero-order valence-corrected chi connectivity index (χ0v) is 17.8. The molecular weight excluding hydrogens is 376 g/mol. The summed E-state index contributed by atoms with van der Waals surface area (Å²) in [6.45, 7) is 1.72. The van der Waals surface area contributed by atoms with Gasteiger partial charge in [0.1, 0.15) is 6.23 Å². The number of likely N-dealkylation sites (tertiary alicyclic amines) is 1. The third-order valence-electron chi connectivity index (χ3n) is 5.98. The molecule has 1 fully saturated rings. The highest BCUT2D eigenvalue weighted by Gasteiger charge is 2.37. The molecule has 2 aromatic carbocycles. The number of carbonyl (C=O) groups excluding carboxylic acids is 1. The summed E-state index contributed by atoms with van der Waals surface area (Å²) in [5, 5.41) is 17.3. The lowest BCUT2D eigenvalue weighted by atomic mass is 10.0. The minimum Gasteiger partial charge on any atom is -0.377 e. The third kappa shape index (κ3) is 5.89. The largest absolute Gasteiger partial charge is 0.377 e. The van der Waals surface area contributed by atoms with Crippen LogP contribution in [0.15, 0.2) is 54.6 Å². The van der Waals surface area contributed by atoms with Gasteiger partial charge in [-0.1, -0.05) is 54.6 Å². The van der Waals surface area contributed by atoms with E-state index in [1.54, 1.807) is 0 Å². The fourth-order valence-corrected chi connectivity index (χ4v) is 4.13. The number of aliphatic hydroxyl groups is 1. The number of aryl methyl sites for hydroxylation is 1. The van der Waals surface area contributed by atoms with Crippen molar-refractivity contribution in [3.8, 4) is 0 Å². The molecule has 1 aliphatic rings. The Labute approximate surface area is 179 Å². The van der Waals surface area contributed by atoms with E-state index in [0.717, 1.165) is 43.4 Å². The topological polar surface area (TPSA) is 90.6 Å². The molecule has 6 heteroatoms. The van der Waals surface area contributed by atoms with Crippen molar-refractivity contribution in [1.29, 1.82) is 0 Å². The van der Waals surface area contributed by atoms with E-state index in [2.05, 4.69) is 22.8 Å². The zero-order valence-electron chi connectivity index (χ0n) is 17.8. The minimum absolute atomic E-state index is 0.0210. The molecule has 0 aliphatic carbocycles. The standard InChI is InChI=1S/C24H34N4O2/c1-26-21(14-13-18-6-3-2-4-7-18)24(30)28-15-5-8-22(28)23(29)27-17-20-11-9-19(16-25)10-12-20/h2-4,6-7,9-12,21-22,24,26,30H,5,8,13-17,25H2,1H3,(H,27,29). The lowest BCUT2D eigenvalue weighted by Gasteiger charge is -2.34. The lowest BCUT2D eigenvalue weighted by molar-refractivity contribution is -0.130. The summed E-state index contributed by atoms with van der Waals surface area (Å²) in [5.74, 6) is -0.0210. The predicted octanol–water partition coefficient (Wildman–Crippen LogP) is 1.77. The molecule has 1 amide bonds. The molecule has 30 heavy (non-hydrogen) atoms. The van der Waals surface area contributed by atoms with Crippen LogP contribution in [-0.2, 0) is 24.3 Å². The number of nitrogens with two attached hydrogens (primary N) is 1. The average molecular weight is 411 g/mol. The molecule has 1 aliphatic heterocycles. The Kier molecular flexibility index (Phi) is 8.39. The van der Waals surface area contributed by atoms with Gasteiger partial charge in [0, 0.05) is 25.7 Å². The van der Waals surface area contributed by atoms with Crippen molar-refractivity contribution in [3.63, 3.8) is 0 Å². The van der Waals surface area contributed by atoms with Crippen LogP contribution in [0.3, 0.4) is 0 Å². The smallest absolute Gasteiger partial charge is 0.237 e. The number of likely N-dealkylation sites (N-methyl/N-ethyl adjacent to an activating group) is 1. The van der Waals surface area contributed by atoms with Gasteiger partial charge in [-0.25, -0.2) is 0 Å². The van der Waals surface area contributed by atoms with Gasteiger partial charge >= 0.3 is 0 Å². The number of aliphatic hydroxyl groups excluding tert-OH is 1. The molecular formula is C24H34N4O2. The van der Waals surface area contributed by atoms with Crippen LogP contribution in [0.2, 0.25) is 0 Å². The Morgan fingerprint density at radius 2 is 1.83 bits per heavy atom. The van der Waals surface area contributed by atoms with Crippen molar-refractivity contribution in [2.75, 3.05) is 13.6 Å². The van der Waals surface area contributed by atoms with Crippen LogP contribution < -0.4 is 16.4 Å². The van der Waals surface area contributed by atoms with Gasteiger partial charge < -0.3 is 21.5 Å². The molecule has 0 spiro atoms. The van der Waals surface area contributed by atoms with Crippen molar-refractivity contribution in [2.24, 2.45) is 5.73 Å². The molecule has 6 nitrogen and oxygen atoms in total. The van der Waals surface area contributed by atoms with Crippen LogP contribution >= 0.6 is 0 Å². The predicted molar refractivity (Wildman–Crippen MR) is 120 cm³/mol. The van der Waals surface area contributed by atoms with Crippen LogP contribution in [0.4, 0.5) is 0 Å². The summed E-state index contributed by atoms with van der Waals surface area (Å²) in [6, 6.07) is 17.8. The van der Waals surface area contributed by atoms with E-state index in [9.17, 15) is 9.90 Å². The van der Waals surface area contributed by atoms with Gasteiger partial charge in [0.05, 0.1) is 6.04 Å². The summed E-state index contributed by atoms with van der Waals surface area (Å²) in [7, 11) is 1.87. The van der Waals surface area contributed by atoms with Gasteiger partial charge in [-0.15, -0.1) is 0 Å². The highest BCUT2D eigenvalue weighted by atomic mass is 16.3. The Bertz CT molecular complexity index is 782. The van der Waals surface area contributed by atoms with E-state index in [0.29, 0.717) is 13.1 Å². The third-order valence-corrected chi connectivity index (χ3v) is 5.98.